The van der Waals surface area contributed by atoms with Crippen LogP contribution in [-0.2, 0) is 0 Å². The fourth-order valence-corrected chi connectivity index (χ4v) is 2.70. The molecule has 0 amide bonds. The third-order valence-corrected chi connectivity index (χ3v) is 3.59. The second kappa shape index (κ2) is 5.25. The number of hydrogen-bond acceptors (Lipinski definition) is 2. The van der Waals surface area contributed by atoms with Crippen molar-refractivity contribution < 1.29 is 0 Å². The Morgan fingerprint density at radius 2 is 2.36 bits per heavy atom. The molecule has 0 bridgehead atoms. The fourth-order valence-electron chi connectivity index (χ4n) is 1.69. The lowest BCUT2D eigenvalue weighted by Crippen LogP contribution is -2.00. The van der Waals surface area contributed by atoms with Crippen LogP contribution < -0.4 is 0 Å². The van der Waals surface area contributed by atoms with Crippen LogP contribution in [0.1, 0.15) is 32.1 Å². The summed E-state index contributed by atoms with van der Waals surface area (Å²) in [6.07, 6.45) is 15.0. The predicted octanol–water partition coefficient (Wildman–Crippen LogP) is 3.39. The van der Waals surface area contributed by atoms with Crippen molar-refractivity contribution in [2.45, 2.75) is 42.5 Å². The summed E-state index contributed by atoms with van der Waals surface area (Å²) in [5, 5.41) is 1.65. The van der Waals surface area contributed by atoms with Crippen molar-refractivity contribution in [2.24, 2.45) is 0 Å². The minimum atomic E-state index is 0.612. The average molecular weight is 208 g/mol. The summed E-state index contributed by atoms with van der Waals surface area (Å²) in [7, 11) is 0. The van der Waals surface area contributed by atoms with E-state index in [-0.39, 0.29) is 0 Å². The average Bonchev–Trinajstić information content (AvgIpc) is 2.62. The molecule has 3 heteroatoms. The third-order valence-electron chi connectivity index (χ3n) is 2.45. The number of imidazole rings is 1. The first-order valence-electron chi connectivity index (χ1n) is 5.28. The van der Waals surface area contributed by atoms with E-state index in [4.69, 9.17) is 0 Å². The minimum absolute atomic E-state index is 0.612. The molecule has 1 unspecified atom stereocenters. The van der Waals surface area contributed by atoms with Gasteiger partial charge in [0.25, 0.3) is 0 Å². The minimum Gasteiger partial charge on any atom is -0.340 e. The standard InChI is InChI=1S/C11H16N2S/c1-2-4-6-10(7-5-3-1)14-11-12-8-9-13-11/h4,6,8-10H,1-3,5,7H2,(H,12,13). The Kier molecular flexibility index (Phi) is 3.69. The number of nitrogens with one attached hydrogen (secondary N) is 1. The molecule has 0 saturated carbocycles. The number of allylic oxidation sites excluding steroid dienone is 1. The highest BCUT2D eigenvalue weighted by Crippen LogP contribution is 2.26. The predicted molar refractivity (Wildman–Crippen MR) is 60.5 cm³/mol. The van der Waals surface area contributed by atoms with Crippen molar-refractivity contribution in [3.8, 4) is 0 Å². The molecule has 2 nitrogen and oxygen atoms in total. The largest absolute Gasteiger partial charge is 0.340 e. The number of thioether (sulfide) groups is 1. The van der Waals surface area contributed by atoms with E-state index in [1.807, 2.05) is 24.2 Å². The molecular weight excluding hydrogens is 192 g/mol. The van der Waals surface area contributed by atoms with Crippen LogP contribution in [0.15, 0.2) is 29.7 Å². The van der Waals surface area contributed by atoms with Crippen LogP contribution in [0.25, 0.3) is 0 Å². The quantitative estimate of drug-likeness (QED) is 0.755. The van der Waals surface area contributed by atoms with Gasteiger partial charge in [-0.25, -0.2) is 4.98 Å². The maximum atomic E-state index is 4.24. The summed E-state index contributed by atoms with van der Waals surface area (Å²) in [4.78, 5) is 7.38. The Hall–Kier alpha value is -0.700. The summed E-state index contributed by atoms with van der Waals surface area (Å²) in [6.45, 7) is 0. The van der Waals surface area contributed by atoms with E-state index in [1.54, 1.807) is 0 Å². The van der Waals surface area contributed by atoms with Crippen LogP contribution in [-0.4, -0.2) is 15.2 Å². The highest BCUT2D eigenvalue weighted by atomic mass is 32.2. The summed E-state index contributed by atoms with van der Waals surface area (Å²) < 4.78 is 0. The van der Waals surface area contributed by atoms with Crippen LogP contribution in [0.3, 0.4) is 0 Å². The smallest absolute Gasteiger partial charge is 0.165 e. The second-order valence-electron chi connectivity index (χ2n) is 3.62. The van der Waals surface area contributed by atoms with E-state index in [2.05, 4.69) is 22.1 Å². The molecule has 0 radical (unpaired) electrons. The molecular formula is C11H16N2S. The molecule has 1 aromatic heterocycles. The SMILES string of the molecule is C1=CC(Sc2ncc[nH]2)CCCCC1. The molecule has 1 aliphatic rings. The zero-order valence-electron chi connectivity index (χ0n) is 8.28. The Balaban J connectivity index is 1.92. The Morgan fingerprint density at radius 1 is 1.36 bits per heavy atom. The van der Waals surface area contributed by atoms with Gasteiger partial charge in [-0.1, -0.05) is 36.8 Å². The number of aromatic nitrogens is 2. The van der Waals surface area contributed by atoms with Gasteiger partial charge in [0.05, 0.1) is 0 Å². The number of hydrogen-bond donors (Lipinski definition) is 1. The van der Waals surface area contributed by atoms with E-state index in [0.717, 1.165) is 5.16 Å². The first kappa shape index (κ1) is 9.84. The normalized spacial score (nSPS) is 23.0. The summed E-state index contributed by atoms with van der Waals surface area (Å²) in [5.41, 5.74) is 0. The molecule has 1 heterocycles. The van der Waals surface area contributed by atoms with Gasteiger partial charge in [-0.2, -0.15) is 0 Å². The van der Waals surface area contributed by atoms with Crippen LogP contribution >= 0.6 is 11.8 Å². The highest BCUT2D eigenvalue weighted by molar-refractivity contribution is 7.99. The zero-order valence-corrected chi connectivity index (χ0v) is 9.09. The topological polar surface area (TPSA) is 28.7 Å². The van der Waals surface area contributed by atoms with Gasteiger partial charge < -0.3 is 4.98 Å². The van der Waals surface area contributed by atoms with E-state index >= 15 is 0 Å². The Morgan fingerprint density at radius 3 is 3.21 bits per heavy atom. The zero-order chi connectivity index (χ0) is 9.64. The first-order chi connectivity index (χ1) is 6.95. The maximum absolute atomic E-state index is 4.24. The van der Waals surface area contributed by atoms with Gasteiger partial charge in [0.1, 0.15) is 0 Å². The van der Waals surface area contributed by atoms with Crippen molar-refractivity contribution in [3.63, 3.8) is 0 Å². The molecule has 2 rings (SSSR count). The summed E-state index contributed by atoms with van der Waals surface area (Å²) in [6, 6.07) is 0. The van der Waals surface area contributed by atoms with Crippen LogP contribution in [0.5, 0.6) is 0 Å². The maximum Gasteiger partial charge on any atom is 0.165 e. The summed E-state index contributed by atoms with van der Waals surface area (Å²) >= 11 is 1.84. The fraction of sp³-hybridized carbons (Fsp3) is 0.545. The molecule has 0 spiro atoms. The molecule has 0 aromatic carbocycles. The highest BCUT2D eigenvalue weighted by Gasteiger charge is 2.09. The molecule has 76 valence electrons. The molecule has 1 atom stereocenters. The molecule has 0 saturated heterocycles. The van der Waals surface area contributed by atoms with E-state index in [1.165, 1.54) is 32.1 Å². The van der Waals surface area contributed by atoms with Gasteiger partial charge in [0.15, 0.2) is 5.16 Å². The molecule has 1 aromatic rings. The molecule has 0 fully saturated rings. The van der Waals surface area contributed by atoms with Crippen LogP contribution in [0.4, 0.5) is 0 Å². The van der Waals surface area contributed by atoms with Gasteiger partial charge in [-0.15, -0.1) is 0 Å². The van der Waals surface area contributed by atoms with Gasteiger partial charge in [0.2, 0.25) is 0 Å². The van der Waals surface area contributed by atoms with Crippen LogP contribution in [0, 0.1) is 0 Å². The van der Waals surface area contributed by atoms with Crippen LogP contribution in [0.2, 0.25) is 0 Å². The van der Waals surface area contributed by atoms with Crippen molar-refractivity contribution in [1.29, 1.82) is 0 Å². The monoisotopic (exact) mass is 208 g/mol. The van der Waals surface area contributed by atoms with Gasteiger partial charge in [-0.05, 0) is 19.3 Å². The Labute approximate surface area is 89.2 Å². The molecule has 14 heavy (non-hydrogen) atoms. The summed E-state index contributed by atoms with van der Waals surface area (Å²) in [5.74, 6) is 0. The number of aromatic amines is 1. The Bertz CT molecular complexity index is 279. The van der Waals surface area contributed by atoms with E-state index < -0.39 is 0 Å². The van der Waals surface area contributed by atoms with Crippen molar-refractivity contribution in [1.82, 2.24) is 9.97 Å². The van der Waals surface area contributed by atoms with E-state index in [0.29, 0.717) is 5.25 Å². The first-order valence-corrected chi connectivity index (χ1v) is 6.16. The van der Waals surface area contributed by atoms with E-state index in [9.17, 15) is 0 Å². The lowest BCUT2D eigenvalue weighted by Gasteiger charge is -2.12. The second-order valence-corrected chi connectivity index (χ2v) is 4.84. The lowest BCUT2D eigenvalue weighted by atomic mass is 10.1. The van der Waals surface area contributed by atoms with Gasteiger partial charge >= 0.3 is 0 Å². The molecule has 1 aliphatic carbocycles. The molecule has 1 N–H and O–H groups in total. The number of rotatable bonds is 2. The lowest BCUT2D eigenvalue weighted by molar-refractivity contribution is 0.643. The molecule has 0 aliphatic heterocycles. The van der Waals surface area contributed by atoms with Crippen molar-refractivity contribution in [2.75, 3.05) is 0 Å². The third kappa shape index (κ3) is 2.91. The number of nitrogens with zero attached hydrogens (tertiary/aromatic N) is 1. The number of H-pyrrole nitrogens is 1. The van der Waals surface area contributed by atoms with Crippen molar-refractivity contribution in [3.05, 3.63) is 24.5 Å². The van der Waals surface area contributed by atoms with Gasteiger partial charge in [-0.3, -0.25) is 0 Å². The van der Waals surface area contributed by atoms with Gasteiger partial charge in [0, 0.05) is 17.6 Å². The van der Waals surface area contributed by atoms with Crippen molar-refractivity contribution >= 4 is 11.8 Å².